The van der Waals surface area contributed by atoms with Crippen molar-refractivity contribution >= 4 is 16.9 Å². The zero-order chi connectivity index (χ0) is 14.3. The third-order valence-electron chi connectivity index (χ3n) is 2.76. The maximum atomic E-state index is 12.2. The van der Waals surface area contributed by atoms with Crippen LogP contribution in [0.1, 0.15) is 22.0 Å². The van der Waals surface area contributed by atoms with Crippen LogP contribution in [0.2, 0.25) is 0 Å². The first kappa shape index (κ1) is 12.1. The second-order valence-electron chi connectivity index (χ2n) is 4.06. The molecule has 20 heavy (non-hydrogen) atoms. The Morgan fingerprint density at radius 3 is 2.90 bits per heavy atom. The maximum absolute atomic E-state index is 12.2. The first-order valence-corrected chi connectivity index (χ1v) is 5.58. The number of aromatic nitrogens is 4. The van der Waals surface area contributed by atoms with Crippen LogP contribution < -0.4 is 5.56 Å². The van der Waals surface area contributed by atoms with Crippen LogP contribution in [0.3, 0.4) is 0 Å². The van der Waals surface area contributed by atoms with E-state index < -0.39 is 11.5 Å². The van der Waals surface area contributed by atoms with Crippen LogP contribution >= 0.6 is 0 Å². The molecule has 0 radical (unpaired) electrons. The van der Waals surface area contributed by atoms with Crippen LogP contribution in [0.4, 0.5) is 0 Å². The average molecular weight is 276 g/mol. The van der Waals surface area contributed by atoms with Crippen molar-refractivity contribution in [2.24, 2.45) is 0 Å². The van der Waals surface area contributed by atoms with E-state index in [1.807, 2.05) is 0 Å². The molecule has 3 aromatic rings. The number of hydrogen-bond donors (Lipinski definition) is 1. The summed E-state index contributed by atoms with van der Waals surface area (Å²) < 4.78 is 10.7. The highest BCUT2D eigenvalue weighted by Crippen LogP contribution is 2.17. The van der Waals surface area contributed by atoms with E-state index in [1.54, 1.807) is 6.07 Å². The number of nitrogens with zero attached hydrogens (tertiary/aromatic N) is 4. The lowest BCUT2D eigenvalue weighted by molar-refractivity contribution is 0.0689. The van der Waals surface area contributed by atoms with Crippen LogP contribution in [0.15, 0.2) is 26.1 Å². The summed E-state index contributed by atoms with van der Waals surface area (Å²) >= 11 is 0. The van der Waals surface area contributed by atoms with Crippen LogP contribution in [0.5, 0.6) is 0 Å². The highest BCUT2D eigenvalue weighted by molar-refractivity contribution is 6.00. The second-order valence-corrected chi connectivity index (χ2v) is 4.06. The van der Waals surface area contributed by atoms with E-state index in [2.05, 4.69) is 15.4 Å². The van der Waals surface area contributed by atoms with Gasteiger partial charge in [0, 0.05) is 6.07 Å². The minimum Gasteiger partial charge on any atom is -0.476 e. The van der Waals surface area contributed by atoms with Gasteiger partial charge in [0.15, 0.2) is 17.0 Å². The molecule has 3 heterocycles. The van der Waals surface area contributed by atoms with Gasteiger partial charge in [0.1, 0.15) is 12.3 Å². The van der Waals surface area contributed by atoms with Crippen molar-refractivity contribution in [1.82, 2.24) is 20.1 Å². The Balaban J connectivity index is 2.26. The molecule has 0 bridgehead atoms. The molecule has 0 saturated heterocycles. The summed E-state index contributed by atoms with van der Waals surface area (Å²) in [7, 11) is 0. The van der Waals surface area contributed by atoms with E-state index in [4.69, 9.17) is 9.05 Å². The highest BCUT2D eigenvalue weighted by atomic mass is 16.5. The second kappa shape index (κ2) is 4.30. The van der Waals surface area contributed by atoms with E-state index in [9.17, 15) is 14.7 Å². The zero-order valence-corrected chi connectivity index (χ0v) is 10.2. The van der Waals surface area contributed by atoms with Gasteiger partial charge < -0.3 is 14.2 Å². The molecule has 0 spiro atoms. The average Bonchev–Trinajstić information content (AvgIpc) is 3.03. The topological polar surface area (TPSA) is 124 Å². The number of carboxylic acids is 1. The molecule has 1 N–H and O–H groups in total. The van der Waals surface area contributed by atoms with Gasteiger partial charge in [0.05, 0.1) is 11.6 Å². The van der Waals surface area contributed by atoms with Gasteiger partial charge in [-0.1, -0.05) is 10.3 Å². The molecule has 102 valence electrons. The smallest absolute Gasteiger partial charge is 0.357 e. The van der Waals surface area contributed by atoms with Crippen molar-refractivity contribution in [3.63, 3.8) is 0 Å². The van der Waals surface area contributed by atoms with Gasteiger partial charge in [0.2, 0.25) is 0 Å². The molecule has 3 aromatic heterocycles. The van der Waals surface area contributed by atoms with Crippen molar-refractivity contribution < 1.29 is 18.9 Å². The van der Waals surface area contributed by atoms with Gasteiger partial charge in [-0.15, -0.1) is 0 Å². The number of aromatic carboxylic acids is 1. The van der Waals surface area contributed by atoms with Crippen molar-refractivity contribution in [3.8, 4) is 0 Å². The minimum atomic E-state index is -1.27. The van der Waals surface area contributed by atoms with Crippen molar-refractivity contribution in [2.75, 3.05) is 0 Å². The predicted molar refractivity (Wildman–Crippen MR) is 63.4 cm³/mol. The standard InChI is InChI=1S/C11H8N4O5/c1-5-7-8(14-19-5)10(16)15(13-9(7)11(17)18)4-6-2-3-12-20-6/h2-3H,4H2,1H3,(H,17,18). The molecule has 0 aliphatic carbocycles. The summed E-state index contributed by atoms with van der Waals surface area (Å²) in [6, 6.07) is 1.55. The quantitative estimate of drug-likeness (QED) is 0.730. The van der Waals surface area contributed by atoms with E-state index in [0.29, 0.717) is 5.76 Å². The lowest BCUT2D eigenvalue weighted by atomic mass is 10.2. The van der Waals surface area contributed by atoms with Gasteiger partial charge in [-0.3, -0.25) is 4.79 Å². The predicted octanol–water partition coefficient (Wildman–Crippen LogP) is 0.427. The van der Waals surface area contributed by atoms with Gasteiger partial charge in [-0.2, -0.15) is 5.10 Å². The van der Waals surface area contributed by atoms with E-state index in [1.165, 1.54) is 13.1 Å². The number of fused-ring (bicyclic) bond motifs is 1. The number of aryl methyl sites for hydroxylation is 1. The molecule has 9 heteroatoms. The van der Waals surface area contributed by atoms with Crippen LogP contribution in [-0.4, -0.2) is 31.2 Å². The van der Waals surface area contributed by atoms with Crippen molar-refractivity contribution in [2.45, 2.75) is 13.5 Å². The minimum absolute atomic E-state index is 0.0407. The number of carbonyl (C=O) groups is 1. The Morgan fingerprint density at radius 1 is 1.45 bits per heavy atom. The third-order valence-corrected chi connectivity index (χ3v) is 2.76. The molecule has 0 unspecified atom stereocenters. The van der Waals surface area contributed by atoms with Gasteiger partial charge >= 0.3 is 5.97 Å². The van der Waals surface area contributed by atoms with E-state index in [0.717, 1.165) is 4.68 Å². The monoisotopic (exact) mass is 276 g/mol. The number of hydrogen-bond acceptors (Lipinski definition) is 7. The van der Waals surface area contributed by atoms with E-state index >= 15 is 0 Å². The first-order chi connectivity index (χ1) is 9.58. The molecule has 0 aromatic carbocycles. The maximum Gasteiger partial charge on any atom is 0.357 e. The summed E-state index contributed by atoms with van der Waals surface area (Å²) in [6.45, 7) is 1.48. The molecular formula is C11H8N4O5. The van der Waals surface area contributed by atoms with Crippen molar-refractivity contribution in [3.05, 3.63) is 39.8 Å². The fourth-order valence-electron chi connectivity index (χ4n) is 1.86. The third kappa shape index (κ3) is 1.76. The summed E-state index contributed by atoms with van der Waals surface area (Å²) in [5.74, 6) is -0.669. The van der Waals surface area contributed by atoms with Crippen LogP contribution in [-0.2, 0) is 6.54 Å². The Hall–Kier alpha value is -2.97. The first-order valence-electron chi connectivity index (χ1n) is 5.58. The molecular weight excluding hydrogens is 268 g/mol. The van der Waals surface area contributed by atoms with Gasteiger partial charge in [-0.25, -0.2) is 9.48 Å². The molecule has 9 nitrogen and oxygen atoms in total. The Bertz CT molecular complexity index is 846. The lowest BCUT2D eigenvalue weighted by Crippen LogP contribution is -2.26. The Labute approximate surface area is 110 Å². The van der Waals surface area contributed by atoms with Crippen LogP contribution in [0, 0.1) is 6.92 Å². The molecule has 0 amide bonds. The zero-order valence-electron chi connectivity index (χ0n) is 10.2. The highest BCUT2D eigenvalue weighted by Gasteiger charge is 2.22. The Morgan fingerprint density at radius 2 is 2.25 bits per heavy atom. The molecule has 0 atom stereocenters. The van der Waals surface area contributed by atoms with Crippen LogP contribution in [0.25, 0.3) is 10.9 Å². The SMILES string of the molecule is Cc1onc2c(=O)n(Cc3ccno3)nc(C(=O)O)c12. The fourth-order valence-corrected chi connectivity index (χ4v) is 1.86. The summed E-state index contributed by atoms with van der Waals surface area (Å²) in [5, 5.41) is 20.2. The van der Waals surface area contributed by atoms with E-state index in [-0.39, 0.29) is 28.9 Å². The number of rotatable bonds is 3. The van der Waals surface area contributed by atoms with Gasteiger partial charge in [-0.05, 0) is 6.92 Å². The molecule has 0 saturated carbocycles. The molecule has 3 rings (SSSR count). The molecule has 0 aliphatic rings. The van der Waals surface area contributed by atoms with Gasteiger partial charge in [0.25, 0.3) is 5.56 Å². The largest absolute Gasteiger partial charge is 0.476 e. The Kier molecular flexibility index (Phi) is 2.60. The molecule has 0 aliphatic heterocycles. The van der Waals surface area contributed by atoms with Crippen molar-refractivity contribution in [1.29, 1.82) is 0 Å². The normalized spacial score (nSPS) is 11.1. The molecule has 0 fully saturated rings. The lowest BCUT2D eigenvalue weighted by Gasteiger charge is -2.03. The number of carboxylic acid groups (broad SMARTS) is 1. The summed E-state index contributed by atoms with van der Waals surface area (Å²) in [6.07, 6.45) is 1.41. The summed E-state index contributed by atoms with van der Waals surface area (Å²) in [4.78, 5) is 23.4. The summed E-state index contributed by atoms with van der Waals surface area (Å²) in [5.41, 5.74) is -0.925. The fraction of sp³-hybridized carbons (Fsp3) is 0.182.